The molecule has 0 radical (unpaired) electrons. The van der Waals surface area contributed by atoms with Crippen molar-refractivity contribution in [1.82, 2.24) is 5.32 Å². The summed E-state index contributed by atoms with van der Waals surface area (Å²) in [6.45, 7) is 1.25. The van der Waals surface area contributed by atoms with Crippen LogP contribution in [0.25, 0.3) is 11.1 Å². The van der Waals surface area contributed by atoms with Crippen molar-refractivity contribution in [2.45, 2.75) is 19.0 Å². The molecule has 1 heterocycles. The molecule has 0 bridgehead atoms. The number of benzene rings is 2. The maximum Gasteiger partial charge on any atom is 0.407 e. The summed E-state index contributed by atoms with van der Waals surface area (Å²) in [4.78, 5) is 13.2. The molecule has 0 unspecified atom stereocenters. The van der Waals surface area contributed by atoms with Crippen molar-refractivity contribution < 1.29 is 9.53 Å². The summed E-state index contributed by atoms with van der Waals surface area (Å²) < 4.78 is 5.53. The van der Waals surface area contributed by atoms with Crippen LogP contribution in [0.15, 0.2) is 60.0 Å². The first-order chi connectivity index (χ1) is 12.8. The number of carbonyl (C=O) groups is 1. The molecular weight excluding hydrogens is 344 g/mol. The lowest BCUT2D eigenvalue weighted by molar-refractivity contribution is 0.142. The first kappa shape index (κ1) is 16.8. The summed E-state index contributed by atoms with van der Waals surface area (Å²) in [5.74, 6) is 0.0782. The number of hydrogen-bond donors (Lipinski definition) is 2. The number of nitrogens with two attached hydrogens (primary N) is 1. The molecular formula is C21H20N2O2S. The van der Waals surface area contributed by atoms with Gasteiger partial charge in [0.1, 0.15) is 6.61 Å². The van der Waals surface area contributed by atoms with Gasteiger partial charge < -0.3 is 15.8 Å². The van der Waals surface area contributed by atoms with Gasteiger partial charge in [-0.3, -0.25) is 0 Å². The topological polar surface area (TPSA) is 64.3 Å². The maximum atomic E-state index is 12.2. The van der Waals surface area contributed by atoms with E-state index in [4.69, 9.17) is 10.5 Å². The third kappa shape index (κ3) is 3.11. The maximum absolute atomic E-state index is 12.2. The molecule has 0 spiro atoms. The van der Waals surface area contributed by atoms with Crippen LogP contribution in [0.5, 0.6) is 0 Å². The zero-order valence-corrected chi connectivity index (χ0v) is 15.1. The zero-order chi connectivity index (χ0) is 17.9. The van der Waals surface area contributed by atoms with Gasteiger partial charge in [-0.25, -0.2) is 4.79 Å². The third-order valence-electron chi connectivity index (χ3n) is 4.79. The molecule has 1 aromatic heterocycles. The number of rotatable bonds is 5. The number of ether oxygens (including phenoxy) is 1. The van der Waals surface area contributed by atoms with Crippen LogP contribution in [-0.4, -0.2) is 12.7 Å². The van der Waals surface area contributed by atoms with E-state index in [0.29, 0.717) is 19.7 Å². The van der Waals surface area contributed by atoms with Crippen LogP contribution in [0, 0.1) is 0 Å². The average Bonchev–Trinajstić information content (AvgIpc) is 3.27. The van der Waals surface area contributed by atoms with Crippen molar-refractivity contribution in [1.29, 1.82) is 0 Å². The van der Waals surface area contributed by atoms with Crippen LogP contribution in [0.4, 0.5) is 4.79 Å². The molecule has 1 aliphatic carbocycles. The predicted molar refractivity (Wildman–Crippen MR) is 104 cm³/mol. The highest BCUT2D eigenvalue weighted by Crippen LogP contribution is 2.44. The van der Waals surface area contributed by atoms with Crippen LogP contribution < -0.4 is 11.1 Å². The largest absolute Gasteiger partial charge is 0.449 e. The Kier molecular flexibility index (Phi) is 4.73. The van der Waals surface area contributed by atoms with E-state index < -0.39 is 6.09 Å². The lowest BCUT2D eigenvalue weighted by Crippen LogP contribution is -2.25. The third-order valence-corrected chi connectivity index (χ3v) is 5.76. The minimum atomic E-state index is -0.400. The van der Waals surface area contributed by atoms with Gasteiger partial charge in [0.15, 0.2) is 0 Å². The number of nitrogens with one attached hydrogen (secondary N) is 1. The van der Waals surface area contributed by atoms with Crippen LogP contribution in [0.1, 0.15) is 27.5 Å². The van der Waals surface area contributed by atoms with Gasteiger partial charge in [0.25, 0.3) is 0 Å². The van der Waals surface area contributed by atoms with E-state index in [1.165, 1.54) is 22.3 Å². The Morgan fingerprint density at radius 1 is 1.04 bits per heavy atom. The van der Waals surface area contributed by atoms with Crippen molar-refractivity contribution in [3.05, 3.63) is 81.5 Å². The second-order valence-corrected chi connectivity index (χ2v) is 7.25. The van der Waals surface area contributed by atoms with Gasteiger partial charge in [0.2, 0.25) is 0 Å². The predicted octanol–water partition coefficient (Wildman–Crippen LogP) is 4.25. The molecule has 132 valence electrons. The van der Waals surface area contributed by atoms with Crippen molar-refractivity contribution in [3.8, 4) is 11.1 Å². The van der Waals surface area contributed by atoms with E-state index in [1.807, 2.05) is 35.7 Å². The Labute approximate surface area is 156 Å². The SMILES string of the molecule is NCc1ccsc1CNC(=O)OCC1c2ccccc2-c2ccccc21. The molecule has 4 nitrogen and oxygen atoms in total. The van der Waals surface area contributed by atoms with Gasteiger partial charge in [0.05, 0.1) is 6.54 Å². The molecule has 2 aromatic carbocycles. The second-order valence-electron chi connectivity index (χ2n) is 6.25. The van der Waals surface area contributed by atoms with Gasteiger partial charge in [-0.15, -0.1) is 11.3 Å². The summed E-state index contributed by atoms with van der Waals surface area (Å²) in [5.41, 5.74) is 11.6. The molecule has 0 saturated heterocycles. The average molecular weight is 364 g/mol. The van der Waals surface area contributed by atoms with Gasteiger partial charge in [-0.2, -0.15) is 0 Å². The highest BCUT2D eigenvalue weighted by Gasteiger charge is 2.28. The van der Waals surface area contributed by atoms with Crippen LogP contribution in [0.3, 0.4) is 0 Å². The molecule has 3 N–H and O–H groups in total. The fraction of sp³-hybridized carbons (Fsp3) is 0.190. The molecule has 4 rings (SSSR count). The Bertz CT molecular complexity index is 890. The molecule has 1 amide bonds. The minimum Gasteiger partial charge on any atom is -0.449 e. The summed E-state index contributed by atoms with van der Waals surface area (Å²) in [6.07, 6.45) is -0.400. The molecule has 0 saturated carbocycles. The number of fused-ring (bicyclic) bond motifs is 3. The van der Waals surface area contributed by atoms with Crippen molar-refractivity contribution >= 4 is 17.4 Å². The summed E-state index contributed by atoms with van der Waals surface area (Å²) in [5, 5.41) is 4.81. The fourth-order valence-corrected chi connectivity index (χ4v) is 4.36. The highest BCUT2D eigenvalue weighted by molar-refractivity contribution is 7.10. The lowest BCUT2D eigenvalue weighted by atomic mass is 9.98. The Morgan fingerprint density at radius 2 is 1.69 bits per heavy atom. The molecule has 0 fully saturated rings. The standard InChI is InChI=1S/C21H20N2O2S/c22-11-14-9-10-26-20(14)12-23-21(24)25-13-19-17-7-3-1-5-15(17)16-6-2-4-8-18(16)19/h1-10,19H,11-13,22H2,(H,23,24). The van der Waals surface area contributed by atoms with Crippen molar-refractivity contribution in [3.63, 3.8) is 0 Å². The minimum absolute atomic E-state index is 0.0782. The molecule has 0 aliphatic heterocycles. The Hall–Kier alpha value is -2.63. The van der Waals surface area contributed by atoms with Crippen LogP contribution in [0.2, 0.25) is 0 Å². The van der Waals surface area contributed by atoms with Crippen LogP contribution >= 0.6 is 11.3 Å². The number of hydrogen-bond acceptors (Lipinski definition) is 4. The molecule has 0 atom stereocenters. The first-order valence-electron chi connectivity index (χ1n) is 8.62. The van der Waals surface area contributed by atoms with E-state index >= 15 is 0 Å². The van der Waals surface area contributed by atoms with Gasteiger partial charge in [-0.05, 0) is 39.3 Å². The second kappa shape index (κ2) is 7.32. The lowest BCUT2D eigenvalue weighted by Gasteiger charge is -2.14. The van der Waals surface area contributed by atoms with Gasteiger partial charge in [0, 0.05) is 17.3 Å². The van der Waals surface area contributed by atoms with Crippen molar-refractivity contribution in [2.75, 3.05) is 6.61 Å². The van der Waals surface area contributed by atoms with E-state index in [1.54, 1.807) is 11.3 Å². The molecule has 3 aromatic rings. The number of thiophene rings is 1. The quantitative estimate of drug-likeness (QED) is 0.711. The summed E-state index contributed by atoms with van der Waals surface area (Å²) >= 11 is 1.59. The Balaban J connectivity index is 1.42. The molecule has 5 heteroatoms. The highest BCUT2D eigenvalue weighted by atomic mass is 32.1. The Morgan fingerprint density at radius 3 is 2.35 bits per heavy atom. The number of amides is 1. The summed E-state index contributed by atoms with van der Waals surface area (Å²) in [6, 6.07) is 18.6. The van der Waals surface area contributed by atoms with Crippen molar-refractivity contribution in [2.24, 2.45) is 5.73 Å². The van der Waals surface area contributed by atoms with Gasteiger partial charge >= 0.3 is 6.09 Å². The number of alkyl carbamates (subject to hydrolysis) is 1. The normalized spacial score (nSPS) is 12.5. The van der Waals surface area contributed by atoms with Crippen LogP contribution in [-0.2, 0) is 17.8 Å². The van der Waals surface area contributed by atoms with E-state index in [0.717, 1.165) is 10.4 Å². The first-order valence-corrected chi connectivity index (χ1v) is 9.50. The molecule has 26 heavy (non-hydrogen) atoms. The van der Waals surface area contributed by atoms with E-state index in [9.17, 15) is 4.79 Å². The monoisotopic (exact) mass is 364 g/mol. The van der Waals surface area contributed by atoms with E-state index in [2.05, 4.69) is 29.6 Å². The van der Waals surface area contributed by atoms with E-state index in [-0.39, 0.29) is 5.92 Å². The zero-order valence-electron chi connectivity index (χ0n) is 14.3. The van der Waals surface area contributed by atoms with Gasteiger partial charge in [-0.1, -0.05) is 48.5 Å². The smallest absolute Gasteiger partial charge is 0.407 e. The molecule has 1 aliphatic rings. The number of carbonyl (C=O) groups excluding carboxylic acids is 1. The fourth-order valence-electron chi connectivity index (χ4n) is 3.51. The summed E-state index contributed by atoms with van der Waals surface area (Å²) in [7, 11) is 0.